The summed E-state index contributed by atoms with van der Waals surface area (Å²) < 4.78 is 1.46. The molecule has 0 aliphatic carbocycles. The molecule has 2 N–H and O–H groups in total. The van der Waals surface area contributed by atoms with E-state index < -0.39 is 0 Å². The summed E-state index contributed by atoms with van der Waals surface area (Å²) in [5.74, 6) is 0. The highest BCUT2D eigenvalue weighted by Gasteiger charge is 1.97. The Morgan fingerprint density at radius 1 is 1.60 bits per heavy atom. The van der Waals surface area contributed by atoms with Crippen LogP contribution in [0.1, 0.15) is 24.8 Å². The zero-order chi connectivity index (χ0) is 11.3. The molecule has 0 amide bonds. The molecule has 0 saturated heterocycles. The van der Waals surface area contributed by atoms with Crippen LogP contribution in [0.15, 0.2) is 17.1 Å². The average molecular weight is 225 g/mol. The number of unbranched alkanes of at least 4 members (excludes halogenated alkanes) is 1. The van der Waals surface area contributed by atoms with Gasteiger partial charge in [0.05, 0.1) is 11.2 Å². The van der Waals surface area contributed by atoms with Crippen molar-refractivity contribution in [1.29, 1.82) is 0 Å². The van der Waals surface area contributed by atoms with Gasteiger partial charge in [0, 0.05) is 12.6 Å². The number of nitrogens with zero attached hydrogens (tertiary/aromatic N) is 2. The summed E-state index contributed by atoms with van der Waals surface area (Å²) >= 11 is 4.76. The summed E-state index contributed by atoms with van der Waals surface area (Å²) in [7, 11) is 0. The van der Waals surface area contributed by atoms with E-state index in [-0.39, 0.29) is 5.56 Å². The van der Waals surface area contributed by atoms with Crippen molar-refractivity contribution in [3.63, 3.8) is 0 Å². The second kappa shape index (κ2) is 5.60. The van der Waals surface area contributed by atoms with E-state index >= 15 is 0 Å². The number of aryl methyl sites for hydroxylation is 2. The van der Waals surface area contributed by atoms with Gasteiger partial charge < -0.3 is 5.73 Å². The summed E-state index contributed by atoms with van der Waals surface area (Å²) in [6, 6.07) is 1.58. The first-order valence-electron chi connectivity index (χ1n) is 4.91. The number of rotatable bonds is 5. The second-order valence-corrected chi connectivity index (χ2v) is 4.04. The van der Waals surface area contributed by atoms with Gasteiger partial charge in [0.1, 0.15) is 0 Å². The first-order valence-corrected chi connectivity index (χ1v) is 5.32. The van der Waals surface area contributed by atoms with Crippen LogP contribution in [0.4, 0.5) is 0 Å². The third kappa shape index (κ3) is 4.20. The lowest BCUT2D eigenvalue weighted by Gasteiger charge is -2.03. The maximum atomic E-state index is 11.4. The van der Waals surface area contributed by atoms with Gasteiger partial charge in [-0.05, 0) is 31.7 Å². The van der Waals surface area contributed by atoms with Crippen LogP contribution in [0.2, 0.25) is 0 Å². The smallest absolute Gasteiger partial charge is 0.266 e. The number of hydrogen-bond acceptors (Lipinski definition) is 3. The number of thiocarbonyl (C=S) groups is 1. The highest BCUT2D eigenvalue weighted by Crippen LogP contribution is 1.97. The van der Waals surface area contributed by atoms with Crippen LogP contribution in [-0.4, -0.2) is 14.8 Å². The molecule has 15 heavy (non-hydrogen) atoms. The van der Waals surface area contributed by atoms with E-state index in [2.05, 4.69) is 5.10 Å². The summed E-state index contributed by atoms with van der Waals surface area (Å²) in [4.78, 5) is 11.9. The Kier molecular flexibility index (Phi) is 4.42. The lowest BCUT2D eigenvalue weighted by molar-refractivity contribution is 0.535. The molecular weight excluding hydrogens is 210 g/mol. The zero-order valence-corrected chi connectivity index (χ0v) is 9.59. The summed E-state index contributed by atoms with van der Waals surface area (Å²) in [6.07, 6.45) is 4.19. The Morgan fingerprint density at radius 3 is 2.93 bits per heavy atom. The Balaban J connectivity index is 2.44. The Bertz CT molecular complexity index is 400. The van der Waals surface area contributed by atoms with E-state index in [1.165, 1.54) is 4.68 Å². The molecule has 0 aliphatic heterocycles. The van der Waals surface area contributed by atoms with Crippen LogP contribution in [0.3, 0.4) is 0 Å². The molecule has 1 heterocycles. The van der Waals surface area contributed by atoms with Crippen LogP contribution < -0.4 is 11.3 Å². The van der Waals surface area contributed by atoms with Crippen molar-refractivity contribution in [2.45, 2.75) is 32.7 Å². The van der Waals surface area contributed by atoms with Crippen LogP contribution >= 0.6 is 12.2 Å². The topological polar surface area (TPSA) is 60.9 Å². The number of nitrogens with two attached hydrogens (primary N) is 1. The van der Waals surface area contributed by atoms with E-state index in [0.29, 0.717) is 11.5 Å². The van der Waals surface area contributed by atoms with Gasteiger partial charge in [-0.2, -0.15) is 5.10 Å². The third-order valence-electron chi connectivity index (χ3n) is 2.05. The van der Waals surface area contributed by atoms with Crippen LogP contribution in [0, 0.1) is 6.92 Å². The molecule has 1 rings (SSSR count). The van der Waals surface area contributed by atoms with Gasteiger partial charge in [0.15, 0.2) is 0 Å². The largest absolute Gasteiger partial charge is 0.393 e. The SMILES string of the molecule is Cc1cnn(CCCCC(N)=S)c(=O)c1. The van der Waals surface area contributed by atoms with Crippen molar-refractivity contribution >= 4 is 17.2 Å². The quantitative estimate of drug-likeness (QED) is 0.600. The lowest BCUT2D eigenvalue weighted by atomic mass is 10.2. The van der Waals surface area contributed by atoms with Gasteiger partial charge in [-0.1, -0.05) is 12.2 Å². The maximum Gasteiger partial charge on any atom is 0.266 e. The first-order chi connectivity index (χ1) is 7.09. The fourth-order valence-corrected chi connectivity index (χ4v) is 1.40. The molecule has 0 fully saturated rings. The molecule has 4 nitrogen and oxygen atoms in total. The summed E-state index contributed by atoms with van der Waals surface area (Å²) in [5.41, 5.74) is 6.21. The first kappa shape index (κ1) is 11.8. The Morgan fingerprint density at radius 2 is 2.33 bits per heavy atom. The van der Waals surface area contributed by atoms with Crippen molar-refractivity contribution in [2.24, 2.45) is 5.73 Å². The van der Waals surface area contributed by atoms with E-state index in [1.54, 1.807) is 12.3 Å². The van der Waals surface area contributed by atoms with Crippen molar-refractivity contribution < 1.29 is 0 Å². The molecule has 0 saturated carbocycles. The van der Waals surface area contributed by atoms with E-state index in [1.807, 2.05) is 6.92 Å². The number of hydrogen-bond donors (Lipinski definition) is 1. The predicted octanol–water partition coefficient (Wildman–Crippen LogP) is 1.01. The van der Waals surface area contributed by atoms with Gasteiger partial charge in [-0.3, -0.25) is 4.79 Å². The lowest BCUT2D eigenvalue weighted by Crippen LogP contribution is -2.22. The van der Waals surface area contributed by atoms with Crippen molar-refractivity contribution in [1.82, 2.24) is 9.78 Å². The second-order valence-electron chi connectivity index (χ2n) is 3.52. The van der Waals surface area contributed by atoms with Gasteiger partial charge in [0.2, 0.25) is 0 Å². The van der Waals surface area contributed by atoms with Crippen molar-refractivity contribution in [3.05, 3.63) is 28.2 Å². The molecule has 1 aromatic heterocycles. The molecule has 0 bridgehead atoms. The molecule has 1 aromatic rings. The van der Waals surface area contributed by atoms with Crippen LogP contribution in [-0.2, 0) is 6.54 Å². The zero-order valence-electron chi connectivity index (χ0n) is 8.77. The molecule has 5 heteroatoms. The molecule has 0 atom stereocenters. The minimum absolute atomic E-state index is 0.0506. The highest BCUT2D eigenvalue weighted by molar-refractivity contribution is 7.80. The van der Waals surface area contributed by atoms with Crippen LogP contribution in [0.5, 0.6) is 0 Å². The molecule has 0 unspecified atom stereocenters. The van der Waals surface area contributed by atoms with E-state index in [0.717, 1.165) is 24.8 Å². The molecule has 82 valence electrons. The van der Waals surface area contributed by atoms with Gasteiger partial charge >= 0.3 is 0 Å². The normalized spacial score (nSPS) is 10.2. The van der Waals surface area contributed by atoms with Crippen LogP contribution in [0.25, 0.3) is 0 Å². The van der Waals surface area contributed by atoms with E-state index in [9.17, 15) is 4.79 Å². The molecule has 0 aromatic carbocycles. The molecule has 0 spiro atoms. The standard InChI is InChI=1S/C10H15N3OS/c1-8-6-10(14)13(12-7-8)5-3-2-4-9(11)15/h6-7H,2-5H2,1H3,(H2,11,15). The van der Waals surface area contributed by atoms with Crippen molar-refractivity contribution in [2.75, 3.05) is 0 Å². The third-order valence-corrected chi connectivity index (χ3v) is 2.25. The Hall–Kier alpha value is -1.23. The maximum absolute atomic E-state index is 11.4. The highest BCUT2D eigenvalue weighted by atomic mass is 32.1. The molecule has 0 radical (unpaired) electrons. The minimum Gasteiger partial charge on any atom is -0.393 e. The minimum atomic E-state index is -0.0506. The van der Waals surface area contributed by atoms with Gasteiger partial charge in [-0.15, -0.1) is 0 Å². The number of aromatic nitrogens is 2. The molecule has 0 aliphatic rings. The Labute approximate surface area is 94.1 Å². The summed E-state index contributed by atoms with van der Waals surface area (Å²) in [6.45, 7) is 2.48. The van der Waals surface area contributed by atoms with Gasteiger partial charge in [0.25, 0.3) is 5.56 Å². The van der Waals surface area contributed by atoms with Gasteiger partial charge in [-0.25, -0.2) is 4.68 Å². The summed E-state index contributed by atoms with van der Waals surface area (Å²) in [5, 5.41) is 4.03. The predicted molar refractivity (Wildman–Crippen MR) is 63.9 cm³/mol. The fraction of sp³-hybridized carbons (Fsp3) is 0.500. The average Bonchev–Trinajstić information content (AvgIpc) is 2.14. The van der Waals surface area contributed by atoms with E-state index in [4.69, 9.17) is 18.0 Å². The van der Waals surface area contributed by atoms with Crippen molar-refractivity contribution in [3.8, 4) is 0 Å². The monoisotopic (exact) mass is 225 g/mol. The molecular formula is C10H15N3OS. The fourth-order valence-electron chi connectivity index (χ4n) is 1.25.